The monoisotopic (exact) mass is 397 g/mol. The van der Waals surface area contributed by atoms with Gasteiger partial charge in [-0.15, -0.1) is 0 Å². The van der Waals surface area contributed by atoms with E-state index in [0.717, 1.165) is 62.0 Å². The van der Waals surface area contributed by atoms with Crippen molar-refractivity contribution in [1.82, 2.24) is 9.97 Å². The van der Waals surface area contributed by atoms with Crippen LogP contribution in [0, 0.1) is 5.92 Å². The minimum atomic E-state index is 0.0719. The molecule has 2 N–H and O–H groups in total. The van der Waals surface area contributed by atoms with Crippen molar-refractivity contribution < 1.29 is 9.53 Å². The SMILES string of the molecule is CCNc1cc(N2CCC(CCC(=O)Nc3ccc(OCC)cc3)CC2)ncn1. The van der Waals surface area contributed by atoms with Crippen LogP contribution in [0.3, 0.4) is 0 Å². The van der Waals surface area contributed by atoms with E-state index in [2.05, 4.69) is 32.4 Å². The van der Waals surface area contributed by atoms with E-state index in [1.165, 1.54) is 0 Å². The van der Waals surface area contributed by atoms with Crippen molar-refractivity contribution in [3.63, 3.8) is 0 Å². The number of hydrogen-bond acceptors (Lipinski definition) is 6. The number of piperidine rings is 1. The number of rotatable bonds is 9. The summed E-state index contributed by atoms with van der Waals surface area (Å²) in [6, 6.07) is 9.52. The molecule has 156 valence electrons. The molecule has 0 atom stereocenters. The smallest absolute Gasteiger partial charge is 0.224 e. The van der Waals surface area contributed by atoms with Crippen LogP contribution >= 0.6 is 0 Å². The number of carbonyl (C=O) groups excluding carboxylic acids is 1. The summed E-state index contributed by atoms with van der Waals surface area (Å²) in [5, 5.41) is 6.20. The summed E-state index contributed by atoms with van der Waals surface area (Å²) in [6.45, 7) is 7.42. The summed E-state index contributed by atoms with van der Waals surface area (Å²) < 4.78 is 5.42. The van der Waals surface area contributed by atoms with Crippen molar-refractivity contribution in [1.29, 1.82) is 0 Å². The van der Waals surface area contributed by atoms with Gasteiger partial charge < -0.3 is 20.3 Å². The summed E-state index contributed by atoms with van der Waals surface area (Å²) in [4.78, 5) is 23.2. The van der Waals surface area contributed by atoms with Crippen LogP contribution < -0.4 is 20.3 Å². The molecule has 1 aliphatic heterocycles. The molecule has 3 rings (SSSR count). The Bertz CT molecular complexity index is 773. The first kappa shape index (κ1) is 20.9. The molecule has 29 heavy (non-hydrogen) atoms. The fourth-order valence-electron chi connectivity index (χ4n) is 3.61. The Labute approximate surface area is 172 Å². The van der Waals surface area contributed by atoms with Crippen LogP contribution in [-0.4, -0.2) is 42.1 Å². The van der Waals surface area contributed by atoms with Gasteiger partial charge in [0.25, 0.3) is 0 Å². The molecule has 1 aromatic heterocycles. The Balaban J connectivity index is 1.40. The van der Waals surface area contributed by atoms with Crippen molar-refractivity contribution >= 4 is 23.2 Å². The number of nitrogens with zero attached hydrogens (tertiary/aromatic N) is 3. The predicted molar refractivity (Wildman–Crippen MR) is 117 cm³/mol. The zero-order valence-electron chi connectivity index (χ0n) is 17.4. The highest BCUT2D eigenvalue weighted by molar-refractivity contribution is 5.90. The summed E-state index contributed by atoms with van der Waals surface area (Å²) in [5.74, 6) is 3.31. The van der Waals surface area contributed by atoms with Gasteiger partial charge in [-0.3, -0.25) is 4.79 Å². The average Bonchev–Trinajstić information content (AvgIpc) is 2.75. The number of ether oxygens (including phenoxy) is 1. The molecule has 7 nitrogen and oxygen atoms in total. The Morgan fingerprint density at radius 1 is 1.17 bits per heavy atom. The lowest BCUT2D eigenvalue weighted by Crippen LogP contribution is -2.34. The van der Waals surface area contributed by atoms with E-state index in [9.17, 15) is 4.79 Å². The average molecular weight is 398 g/mol. The van der Waals surface area contributed by atoms with Gasteiger partial charge in [-0.25, -0.2) is 9.97 Å². The van der Waals surface area contributed by atoms with Gasteiger partial charge in [0.1, 0.15) is 23.7 Å². The van der Waals surface area contributed by atoms with Gasteiger partial charge >= 0.3 is 0 Å². The zero-order valence-corrected chi connectivity index (χ0v) is 17.4. The van der Waals surface area contributed by atoms with Gasteiger partial charge in [0.15, 0.2) is 0 Å². The number of anilines is 3. The fourth-order valence-corrected chi connectivity index (χ4v) is 3.61. The molecule has 1 amide bonds. The topological polar surface area (TPSA) is 79.4 Å². The molecule has 1 aromatic carbocycles. The molecule has 0 aliphatic carbocycles. The van der Waals surface area contributed by atoms with E-state index < -0.39 is 0 Å². The molecular weight excluding hydrogens is 366 g/mol. The summed E-state index contributed by atoms with van der Waals surface area (Å²) in [5.41, 5.74) is 0.813. The van der Waals surface area contributed by atoms with Gasteiger partial charge in [0, 0.05) is 37.8 Å². The molecule has 1 fully saturated rings. The van der Waals surface area contributed by atoms with E-state index in [4.69, 9.17) is 4.74 Å². The first-order chi connectivity index (χ1) is 14.2. The Kier molecular flexibility index (Phi) is 7.67. The van der Waals surface area contributed by atoms with E-state index in [-0.39, 0.29) is 5.91 Å². The van der Waals surface area contributed by atoms with Gasteiger partial charge in [0.2, 0.25) is 5.91 Å². The van der Waals surface area contributed by atoms with Crippen molar-refractivity contribution in [3.05, 3.63) is 36.7 Å². The summed E-state index contributed by atoms with van der Waals surface area (Å²) in [7, 11) is 0. The molecule has 0 radical (unpaired) electrons. The van der Waals surface area contributed by atoms with Gasteiger partial charge in [-0.2, -0.15) is 0 Å². The largest absolute Gasteiger partial charge is 0.494 e. The van der Waals surface area contributed by atoms with Crippen LogP contribution in [0.1, 0.15) is 39.5 Å². The molecule has 2 heterocycles. The van der Waals surface area contributed by atoms with Crippen LogP contribution in [0.15, 0.2) is 36.7 Å². The van der Waals surface area contributed by atoms with E-state index in [1.807, 2.05) is 37.3 Å². The van der Waals surface area contributed by atoms with Crippen molar-refractivity contribution in [2.24, 2.45) is 5.92 Å². The summed E-state index contributed by atoms with van der Waals surface area (Å²) in [6.07, 6.45) is 5.25. The highest BCUT2D eigenvalue weighted by Gasteiger charge is 2.21. The second-order valence-electron chi connectivity index (χ2n) is 7.27. The predicted octanol–water partition coefficient (Wildman–Crippen LogP) is 3.94. The lowest BCUT2D eigenvalue weighted by molar-refractivity contribution is -0.116. The minimum absolute atomic E-state index is 0.0719. The van der Waals surface area contributed by atoms with Crippen molar-refractivity contribution in [2.45, 2.75) is 39.5 Å². The molecule has 0 saturated carbocycles. The Morgan fingerprint density at radius 3 is 2.62 bits per heavy atom. The third kappa shape index (κ3) is 6.34. The fraction of sp³-hybridized carbons (Fsp3) is 0.500. The number of nitrogens with one attached hydrogen (secondary N) is 2. The maximum atomic E-state index is 12.3. The standard InChI is InChI=1S/C22H31N5O2/c1-3-23-20-15-21(25-16-24-20)27-13-11-17(12-14-27)5-10-22(28)26-18-6-8-19(9-7-18)29-4-2/h6-9,15-17H,3-5,10-14H2,1-2H3,(H,26,28)(H,23,24,25). The minimum Gasteiger partial charge on any atom is -0.494 e. The van der Waals surface area contributed by atoms with E-state index >= 15 is 0 Å². The van der Waals surface area contributed by atoms with Gasteiger partial charge in [0.05, 0.1) is 6.61 Å². The van der Waals surface area contributed by atoms with E-state index in [1.54, 1.807) is 6.33 Å². The molecule has 0 bridgehead atoms. The normalized spacial score (nSPS) is 14.5. The third-order valence-electron chi connectivity index (χ3n) is 5.18. The number of hydrogen-bond donors (Lipinski definition) is 2. The Hall–Kier alpha value is -2.83. The first-order valence-electron chi connectivity index (χ1n) is 10.5. The van der Waals surface area contributed by atoms with Gasteiger partial charge in [-0.05, 0) is 63.3 Å². The highest BCUT2D eigenvalue weighted by atomic mass is 16.5. The van der Waals surface area contributed by atoms with Gasteiger partial charge in [-0.1, -0.05) is 0 Å². The number of benzene rings is 1. The second kappa shape index (κ2) is 10.6. The number of aromatic nitrogens is 2. The zero-order chi connectivity index (χ0) is 20.5. The van der Waals surface area contributed by atoms with Crippen molar-refractivity contribution in [3.8, 4) is 5.75 Å². The lowest BCUT2D eigenvalue weighted by atomic mass is 9.92. The van der Waals surface area contributed by atoms with Crippen molar-refractivity contribution in [2.75, 3.05) is 41.8 Å². The molecule has 2 aromatic rings. The molecule has 1 saturated heterocycles. The van der Waals surface area contributed by atoms with Crippen LogP contribution in [0.5, 0.6) is 5.75 Å². The molecule has 7 heteroatoms. The number of carbonyl (C=O) groups is 1. The van der Waals surface area contributed by atoms with Crippen LogP contribution in [-0.2, 0) is 4.79 Å². The highest BCUT2D eigenvalue weighted by Crippen LogP contribution is 2.26. The molecule has 0 spiro atoms. The van der Waals surface area contributed by atoms with Crippen LogP contribution in [0.25, 0.3) is 0 Å². The third-order valence-corrected chi connectivity index (χ3v) is 5.18. The van der Waals surface area contributed by atoms with Crippen LogP contribution in [0.2, 0.25) is 0 Å². The summed E-state index contributed by atoms with van der Waals surface area (Å²) >= 11 is 0. The molecular formula is C22H31N5O2. The van der Waals surface area contributed by atoms with Crippen LogP contribution in [0.4, 0.5) is 17.3 Å². The number of amides is 1. The molecule has 1 aliphatic rings. The maximum Gasteiger partial charge on any atom is 0.224 e. The molecule has 0 unspecified atom stereocenters. The van der Waals surface area contributed by atoms with E-state index in [0.29, 0.717) is 18.9 Å². The lowest BCUT2D eigenvalue weighted by Gasteiger charge is -2.32. The maximum absolute atomic E-state index is 12.3. The quantitative estimate of drug-likeness (QED) is 0.667. The second-order valence-corrected chi connectivity index (χ2v) is 7.27. The first-order valence-corrected chi connectivity index (χ1v) is 10.5. The Morgan fingerprint density at radius 2 is 1.93 bits per heavy atom.